The van der Waals surface area contributed by atoms with Gasteiger partial charge < -0.3 is 5.32 Å². The summed E-state index contributed by atoms with van der Waals surface area (Å²) < 4.78 is 27.7. The Labute approximate surface area is 145 Å². The van der Waals surface area contributed by atoms with Crippen LogP contribution in [0.25, 0.3) is 0 Å². The zero-order chi connectivity index (χ0) is 17.3. The minimum atomic E-state index is -3.65. The number of thioether (sulfide) groups is 1. The van der Waals surface area contributed by atoms with E-state index in [1.165, 1.54) is 11.8 Å². The van der Waals surface area contributed by atoms with Crippen LogP contribution in [0.2, 0.25) is 0 Å². The highest BCUT2D eigenvalue weighted by Gasteiger charge is 2.23. The summed E-state index contributed by atoms with van der Waals surface area (Å²) in [7, 11) is -3.65. The molecular formula is C17H18N2O3S2. The lowest BCUT2D eigenvalue weighted by Crippen LogP contribution is -2.19. The lowest BCUT2D eigenvalue weighted by Gasteiger charge is -2.13. The first-order valence-corrected chi connectivity index (χ1v) is 9.99. The molecule has 2 N–H and O–H groups in total. The molecule has 1 saturated heterocycles. The predicted molar refractivity (Wildman–Crippen MR) is 96.5 cm³/mol. The molecule has 1 aliphatic heterocycles. The van der Waals surface area contributed by atoms with Gasteiger partial charge in [0.25, 0.3) is 10.0 Å². The van der Waals surface area contributed by atoms with Crippen LogP contribution in [-0.4, -0.2) is 20.1 Å². The van der Waals surface area contributed by atoms with Crippen LogP contribution in [0.5, 0.6) is 0 Å². The first kappa shape index (κ1) is 16.9. The lowest BCUT2D eigenvalue weighted by molar-refractivity contribution is -0.118. The largest absolute Gasteiger partial charge is 0.339 e. The molecule has 2 aromatic rings. The van der Waals surface area contributed by atoms with Gasteiger partial charge in [-0.25, -0.2) is 8.42 Å². The van der Waals surface area contributed by atoms with E-state index >= 15 is 0 Å². The smallest absolute Gasteiger partial charge is 0.261 e. The van der Waals surface area contributed by atoms with Gasteiger partial charge in [0.05, 0.1) is 10.6 Å². The first-order valence-electron chi connectivity index (χ1n) is 7.46. The second-order valence-corrected chi connectivity index (χ2v) is 8.51. The molecular weight excluding hydrogens is 344 g/mol. The number of aryl methyl sites for hydroxylation is 2. The van der Waals surface area contributed by atoms with Gasteiger partial charge in [0, 0.05) is 5.69 Å². The summed E-state index contributed by atoms with van der Waals surface area (Å²) in [6.45, 7) is 3.82. The van der Waals surface area contributed by atoms with E-state index in [2.05, 4.69) is 10.0 Å². The summed E-state index contributed by atoms with van der Waals surface area (Å²) in [4.78, 5) is 11.6. The molecule has 126 valence electrons. The minimum absolute atomic E-state index is 0.00823. The van der Waals surface area contributed by atoms with E-state index in [1.807, 2.05) is 19.9 Å². The first-order chi connectivity index (χ1) is 11.3. The number of carbonyl (C=O) groups is 1. The molecule has 1 aliphatic rings. The standard InChI is InChI=1S/C17H18N2O3S2/c1-11-6-7-15(8-12(11)2)24(21,22)19-14-5-3-4-13(9-14)17-18-16(20)10-23-17/h3-9,17,19H,10H2,1-2H3,(H,18,20)/t17-/m1/s1. The molecule has 1 amide bonds. The van der Waals surface area contributed by atoms with Gasteiger partial charge >= 0.3 is 0 Å². The van der Waals surface area contributed by atoms with E-state index in [1.54, 1.807) is 36.4 Å². The van der Waals surface area contributed by atoms with E-state index in [0.717, 1.165) is 16.7 Å². The van der Waals surface area contributed by atoms with Crippen molar-refractivity contribution in [3.8, 4) is 0 Å². The third kappa shape index (κ3) is 3.57. The molecule has 0 unspecified atom stereocenters. The molecule has 0 saturated carbocycles. The molecule has 24 heavy (non-hydrogen) atoms. The Bertz CT molecular complexity index is 894. The molecule has 3 rings (SSSR count). The maximum absolute atomic E-state index is 12.6. The highest BCUT2D eigenvalue weighted by atomic mass is 32.2. The zero-order valence-corrected chi connectivity index (χ0v) is 15.0. The van der Waals surface area contributed by atoms with Gasteiger partial charge in [0.2, 0.25) is 5.91 Å². The Morgan fingerprint density at radius 3 is 2.58 bits per heavy atom. The molecule has 0 aromatic heterocycles. The zero-order valence-electron chi connectivity index (χ0n) is 13.4. The monoisotopic (exact) mass is 362 g/mol. The second-order valence-electron chi connectivity index (χ2n) is 5.74. The van der Waals surface area contributed by atoms with E-state index in [-0.39, 0.29) is 16.2 Å². The van der Waals surface area contributed by atoms with Gasteiger partial charge in [-0.3, -0.25) is 9.52 Å². The number of hydrogen-bond acceptors (Lipinski definition) is 4. The molecule has 2 aromatic carbocycles. The van der Waals surface area contributed by atoms with Crippen molar-refractivity contribution in [2.45, 2.75) is 24.1 Å². The van der Waals surface area contributed by atoms with Crippen molar-refractivity contribution in [1.29, 1.82) is 0 Å². The Kier molecular flexibility index (Phi) is 4.56. The normalized spacial score (nSPS) is 17.6. The molecule has 0 bridgehead atoms. The van der Waals surface area contributed by atoms with Gasteiger partial charge in [0.1, 0.15) is 5.37 Å². The average Bonchev–Trinajstić information content (AvgIpc) is 2.96. The summed E-state index contributed by atoms with van der Waals surface area (Å²) in [6.07, 6.45) is 0. The molecule has 0 spiro atoms. The van der Waals surface area contributed by atoms with Crippen LogP contribution in [-0.2, 0) is 14.8 Å². The third-order valence-corrected chi connectivity index (χ3v) is 6.43. The average molecular weight is 362 g/mol. The van der Waals surface area contributed by atoms with E-state index < -0.39 is 10.0 Å². The fourth-order valence-electron chi connectivity index (χ4n) is 2.43. The number of rotatable bonds is 4. The van der Waals surface area contributed by atoms with Crippen LogP contribution in [0.3, 0.4) is 0 Å². The Balaban J connectivity index is 1.84. The maximum atomic E-state index is 12.6. The quantitative estimate of drug-likeness (QED) is 0.877. The van der Waals surface area contributed by atoms with Gasteiger partial charge in [0.15, 0.2) is 0 Å². The van der Waals surface area contributed by atoms with Gasteiger partial charge in [-0.1, -0.05) is 18.2 Å². The lowest BCUT2D eigenvalue weighted by atomic mass is 10.1. The van der Waals surface area contributed by atoms with Crippen molar-refractivity contribution in [1.82, 2.24) is 5.32 Å². The molecule has 7 heteroatoms. The van der Waals surface area contributed by atoms with Crippen molar-refractivity contribution >= 4 is 33.4 Å². The van der Waals surface area contributed by atoms with Crippen molar-refractivity contribution in [2.75, 3.05) is 10.5 Å². The van der Waals surface area contributed by atoms with Gasteiger partial charge in [-0.15, -0.1) is 11.8 Å². The highest BCUT2D eigenvalue weighted by molar-refractivity contribution is 8.00. The van der Waals surface area contributed by atoms with Crippen molar-refractivity contribution in [3.05, 3.63) is 59.2 Å². The summed E-state index contributed by atoms with van der Waals surface area (Å²) in [5.74, 6) is 0.412. The SMILES string of the molecule is Cc1ccc(S(=O)(=O)Nc2cccc([C@@H]3NC(=O)CS3)c2)cc1C. The number of nitrogens with one attached hydrogen (secondary N) is 2. The fourth-order valence-corrected chi connectivity index (χ4v) is 4.52. The summed E-state index contributed by atoms with van der Waals surface area (Å²) >= 11 is 1.49. The molecule has 5 nitrogen and oxygen atoms in total. The van der Waals surface area contributed by atoms with Crippen molar-refractivity contribution in [2.24, 2.45) is 0 Å². The fraction of sp³-hybridized carbons (Fsp3) is 0.235. The predicted octanol–water partition coefficient (Wildman–Crippen LogP) is 2.97. The minimum Gasteiger partial charge on any atom is -0.339 e. The highest BCUT2D eigenvalue weighted by Crippen LogP contribution is 2.32. The van der Waals surface area contributed by atoms with Crippen LogP contribution >= 0.6 is 11.8 Å². The van der Waals surface area contributed by atoms with Gasteiger partial charge in [-0.05, 0) is 54.8 Å². The van der Waals surface area contributed by atoms with Gasteiger partial charge in [-0.2, -0.15) is 0 Å². The maximum Gasteiger partial charge on any atom is 0.261 e. The third-order valence-electron chi connectivity index (χ3n) is 3.90. The van der Waals surface area contributed by atoms with Crippen LogP contribution < -0.4 is 10.0 Å². The van der Waals surface area contributed by atoms with Crippen LogP contribution in [0.4, 0.5) is 5.69 Å². The van der Waals surface area contributed by atoms with Crippen molar-refractivity contribution < 1.29 is 13.2 Å². The second kappa shape index (κ2) is 6.49. The van der Waals surface area contributed by atoms with Crippen LogP contribution in [0, 0.1) is 13.8 Å². The topological polar surface area (TPSA) is 75.3 Å². The number of benzene rings is 2. The van der Waals surface area contributed by atoms with E-state index in [0.29, 0.717) is 11.4 Å². The van der Waals surface area contributed by atoms with Crippen LogP contribution in [0.1, 0.15) is 22.1 Å². The number of hydrogen-bond donors (Lipinski definition) is 2. The molecule has 1 heterocycles. The summed E-state index contributed by atoms with van der Waals surface area (Å²) in [6, 6.07) is 12.2. The number of sulfonamides is 1. The Hall–Kier alpha value is -1.99. The Morgan fingerprint density at radius 1 is 1.12 bits per heavy atom. The Morgan fingerprint density at radius 2 is 1.92 bits per heavy atom. The molecule has 1 fully saturated rings. The number of carbonyl (C=O) groups excluding carboxylic acids is 1. The summed E-state index contributed by atoms with van der Waals surface area (Å²) in [5, 5.41) is 2.72. The van der Waals surface area contributed by atoms with Crippen molar-refractivity contribution in [3.63, 3.8) is 0 Å². The number of anilines is 1. The molecule has 1 atom stereocenters. The molecule has 0 aliphatic carbocycles. The van der Waals surface area contributed by atoms with E-state index in [9.17, 15) is 13.2 Å². The molecule has 0 radical (unpaired) electrons. The number of amides is 1. The van der Waals surface area contributed by atoms with Crippen LogP contribution in [0.15, 0.2) is 47.4 Å². The summed E-state index contributed by atoms with van der Waals surface area (Å²) in [5.41, 5.74) is 3.32. The van der Waals surface area contributed by atoms with E-state index in [4.69, 9.17) is 0 Å².